The first-order chi connectivity index (χ1) is 20.2. The molecule has 210 valence electrons. The molecular weight excluding hydrogens is 522 g/mol. The molecule has 13 nitrogen and oxygen atoms in total. The molecule has 1 atom stereocenters. The number of fused-ring (bicyclic) bond motifs is 1. The molecular formula is C28H31N11O2. The highest BCUT2D eigenvalue weighted by Gasteiger charge is 2.28. The monoisotopic (exact) mass is 553 g/mol. The van der Waals surface area contributed by atoms with E-state index in [9.17, 15) is 0 Å². The number of ether oxygens (including phenoxy) is 2. The van der Waals surface area contributed by atoms with Crippen molar-refractivity contribution >= 4 is 22.9 Å². The lowest BCUT2D eigenvalue weighted by atomic mass is 10.0. The number of nitrogens with zero attached hydrogens (tertiary/aromatic N) is 11. The summed E-state index contributed by atoms with van der Waals surface area (Å²) in [4.78, 5) is 23.0. The van der Waals surface area contributed by atoms with Gasteiger partial charge < -0.3 is 19.3 Å². The van der Waals surface area contributed by atoms with Crippen molar-refractivity contribution < 1.29 is 9.47 Å². The topological polar surface area (TPSA) is 125 Å². The molecule has 1 aromatic carbocycles. The standard InChI is InChI=1S/C28H31N11O2/c1-36-15-22(9-32-36)25-12-29-27-26(33-25)34-35-39(27)17-24-16-37(7-8-41-24)28-30-10-23(11-31-28)38-13-21(14-38)19-40-18-20-5-3-2-4-6-20/h2-6,9-12,15,21,24H,7-8,13-14,16-19H2,1H3/t24-/m0/s1. The van der Waals surface area contributed by atoms with Gasteiger partial charge in [0.15, 0.2) is 5.65 Å². The second-order valence-corrected chi connectivity index (χ2v) is 10.5. The first-order valence-electron chi connectivity index (χ1n) is 13.8. The van der Waals surface area contributed by atoms with Crippen LogP contribution in [-0.2, 0) is 29.7 Å². The highest BCUT2D eigenvalue weighted by Crippen LogP contribution is 2.25. The Kier molecular flexibility index (Phi) is 6.95. The van der Waals surface area contributed by atoms with Crippen molar-refractivity contribution in [2.75, 3.05) is 49.2 Å². The van der Waals surface area contributed by atoms with E-state index in [-0.39, 0.29) is 6.10 Å². The van der Waals surface area contributed by atoms with Gasteiger partial charge in [-0.1, -0.05) is 35.5 Å². The van der Waals surface area contributed by atoms with Crippen LogP contribution in [0.4, 0.5) is 11.6 Å². The van der Waals surface area contributed by atoms with Crippen molar-refractivity contribution in [3.05, 3.63) is 66.9 Å². The van der Waals surface area contributed by atoms with Crippen molar-refractivity contribution in [3.8, 4) is 11.3 Å². The van der Waals surface area contributed by atoms with Crippen LogP contribution in [0.15, 0.2) is 61.3 Å². The van der Waals surface area contributed by atoms with Crippen LogP contribution in [0.5, 0.6) is 0 Å². The molecule has 41 heavy (non-hydrogen) atoms. The summed E-state index contributed by atoms with van der Waals surface area (Å²) in [6, 6.07) is 10.3. The van der Waals surface area contributed by atoms with Crippen molar-refractivity contribution in [2.24, 2.45) is 13.0 Å². The van der Waals surface area contributed by atoms with E-state index in [1.807, 2.05) is 43.8 Å². The van der Waals surface area contributed by atoms with Crippen LogP contribution in [0.1, 0.15) is 5.56 Å². The molecule has 0 bridgehead atoms. The number of morpholine rings is 1. The van der Waals surface area contributed by atoms with E-state index in [2.05, 4.69) is 57.3 Å². The van der Waals surface area contributed by atoms with Gasteiger partial charge in [-0.05, 0) is 5.56 Å². The van der Waals surface area contributed by atoms with Crippen LogP contribution < -0.4 is 9.80 Å². The maximum atomic E-state index is 6.04. The van der Waals surface area contributed by atoms with E-state index in [1.54, 1.807) is 21.8 Å². The van der Waals surface area contributed by atoms with Crippen LogP contribution in [0.3, 0.4) is 0 Å². The summed E-state index contributed by atoms with van der Waals surface area (Å²) >= 11 is 0. The molecule has 13 heteroatoms. The third-order valence-electron chi connectivity index (χ3n) is 7.44. The van der Waals surface area contributed by atoms with Crippen LogP contribution >= 0.6 is 0 Å². The zero-order chi connectivity index (χ0) is 27.6. The van der Waals surface area contributed by atoms with Gasteiger partial charge >= 0.3 is 0 Å². The molecule has 0 saturated carbocycles. The van der Waals surface area contributed by atoms with E-state index >= 15 is 0 Å². The number of hydrogen-bond donors (Lipinski definition) is 0. The molecule has 0 unspecified atom stereocenters. The minimum atomic E-state index is -0.108. The summed E-state index contributed by atoms with van der Waals surface area (Å²) < 4.78 is 15.4. The Bertz CT molecular complexity index is 1600. The van der Waals surface area contributed by atoms with E-state index in [0.717, 1.165) is 37.5 Å². The van der Waals surface area contributed by atoms with Gasteiger partial charge in [-0.2, -0.15) is 5.10 Å². The molecule has 2 aliphatic rings. The predicted octanol–water partition coefficient (Wildman–Crippen LogP) is 1.97. The van der Waals surface area contributed by atoms with Gasteiger partial charge in [-0.15, -0.1) is 5.10 Å². The minimum absolute atomic E-state index is 0.108. The van der Waals surface area contributed by atoms with Crippen LogP contribution in [-0.4, -0.2) is 90.2 Å². The molecule has 5 aromatic rings. The normalized spacial score (nSPS) is 17.7. The molecule has 2 saturated heterocycles. The molecule has 0 radical (unpaired) electrons. The molecule has 6 heterocycles. The fraction of sp³-hybridized carbons (Fsp3) is 0.393. The Morgan fingerprint density at radius 2 is 1.83 bits per heavy atom. The van der Waals surface area contributed by atoms with E-state index in [0.29, 0.717) is 55.2 Å². The molecule has 0 N–H and O–H groups in total. The number of benzene rings is 1. The Morgan fingerprint density at radius 3 is 2.63 bits per heavy atom. The first-order valence-corrected chi connectivity index (χ1v) is 13.8. The van der Waals surface area contributed by atoms with Gasteiger partial charge in [0, 0.05) is 50.9 Å². The summed E-state index contributed by atoms with van der Waals surface area (Å²) in [6.45, 7) is 5.79. The number of anilines is 2. The number of aromatic nitrogens is 9. The molecule has 4 aromatic heterocycles. The fourth-order valence-electron chi connectivity index (χ4n) is 5.23. The Balaban J connectivity index is 0.920. The minimum Gasteiger partial charge on any atom is -0.376 e. The second-order valence-electron chi connectivity index (χ2n) is 10.5. The van der Waals surface area contributed by atoms with Gasteiger partial charge in [0.1, 0.15) is 0 Å². The Labute approximate surface area is 236 Å². The third kappa shape index (κ3) is 5.58. The Morgan fingerprint density at radius 1 is 0.976 bits per heavy atom. The maximum absolute atomic E-state index is 6.04. The van der Waals surface area contributed by atoms with Crippen molar-refractivity contribution in [1.82, 2.24) is 44.7 Å². The molecule has 2 aliphatic heterocycles. The quantitative estimate of drug-likeness (QED) is 0.266. The van der Waals surface area contributed by atoms with Crippen molar-refractivity contribution in [3.63, 3.8) is 0 Å². The summed E-state index contributed by atoms with van der Waals surface area (Å²) in [5.41, 5.74) is 4.96. The number of hydrogen-bond acceptors (Lipinski definition) is 11. The largest absolute Gasteiger partial charge is 0.376 e. The average Bonchev–Trinajstić information content (AvgIpc) is 3.61. The lowest BCUT2D eigenvalue weighted by Gasteiger charge is -2.40. The predicted molar refractivity (Wildman–Crippen MR) is 151 cm³/mol. The van der Waals surface area contributed by atoms with Crippen molar-refractivity contribution in [2.45, 2.75) is 19.3 Å². The number of rotatable bonds is 9. The second kappa shape index (κ2) is 11.2. The van der Waals surface area contributed by atoms with E-state index in [4.69, 9.17) is 9.47 Å². The van der Waals surface area contributed by atoms with Gasteiger partial charge in [0.2, 0.25) is 11.6 Å². The molecule has 0 amide bonds. The van der Waals surface area contributed by atoms with E-state index < -0.39 is 0 Å². The summed E-state index contributed by atoms with van der Waals surface area (Å²) in [5.74, 6) is 1.23. The van der Waals surface area contributed by atoms with Crippen LogP contribution in [0.2, 0.25) is 0 Å². The van der Waals surface area contributed by atoms with Gasteiger partial charge in [-0.3, -0.25) is 4.68 Å². The summed E-state index contributed by atoms with van der Waals surface area (Å²) in [6.07, 6.45) is 9.08. The molecule has 7 rings (SSSR count). The van der Waals surface area contributed by atoms with E-state index in [1.165, 1.54) is 5.56 Å². The SMILES string of the molecule is Cn1cc(-c2cnc3c(nnn3C[C@@H]3CN(c4ncc(N5CC(COCc6ccccc6)C5)cn4)CCO3)n2)cn1. The molecule has 0 aliphatic carbocycles. The fourth-order valence-corrected chi connectivity index (χ4v) is 5.23. The highest BCUT2D eigenvalue weighted by atomic mass is 16.5. The summed E-state index contributed by atoms with van der Waals surface area (Å²) in [7, 11) is 1.87. The first kappa shape index (κ1) is 25.5. The zero-order valence-corrected chi connectivity index (χ0v) is 22.8. The zero-order valence-electron chi connectivity index (χ0n) is 22.8. The Hall–Kier alpha value is -4.49. The number of aryl methyl sites for hydroxylation is 1. The van der Waals surface area contributed by atoms with Gasteiger partial charge in [0.05, 0.1) is 68.6 Å². The van der Waals surface area contributed by atoms with Crippen molar-refractivity contribution in [1.29, 1.82) is 0 Å². The lowest BCUT2D eigenvalue weighted by Crippen LogP contribution is -2.49. The molecule has 2 fully saturated rings. The van der Waals surface area contributed by atoms with Gasteiger partial charge in [-0.25, -0.2) is 24.6 Å². The van der Waals surface area contributed by atoms with Crippen LogP contribution in [0.25, 0.3) is 22.6 Å². The maximum Gasteiger partial charge on any atom is 0.225 e. The molecule has 0 spiro atoms. The summed E-state index contributed by atoms with van der Waals surface area (Å²) in [5, 5.41) is 12.7. The average molecular weight is 554 g/mol. The highest BCUT2D eigenvalue weighted by molar-refractivity contribution is 5.69. The lowest BCUT2D eigenvalue weighted by molar-refractivity contribution is 0.0272. The van der Waals surface area contributed by atoms with Crippen LogP contribution in [0, 0.1) is 5.92 Å². The van der Waals surface area contributed by atoms with Gasteiger partial charge in [0.25, 0.3) is 0 Å². The smallest absolute Gasteiger partial charge is 0.225 e. The third-order valence-corrected chi connectivity index (χ3v) is 7.44.